The molecule has 1 aromatic carbocycles. The van der Waals surface area contributed by atoms with Gasteiger partial charge in [0.05, 0.1) is 0 Å². The van der Waals surface area contributed by atoms with Gasteiger partial charge in [0.1, 0.15) is 0 Å². The lowest BCUT2D eigenvalue weighted by Gasteiger charge is -2.27. The van der Waals surface area contributed by atoms with Crippen LogP contribution in [-0.2, 0) is 18.3 Å². The van der Waals surface area contributed by atoms with Crippen LogP contribution >= 0.6 is 0 Å². The molecule has 2 heteroatoms. The second-order valence-corrected chi connectivity index (χ2v) is 6.66. The number of nitrogens with two attached hydrogens (primary N) is 1. The maximum atomic E-state index is 5.77. The Morgan fingerprint density at radius 3 is 2.74 bits per heavy atom. The Balaban J connectivity index is 1.95. The highest BCUT2D eigenvalue weighted by Gasteiger charge is 2.22. The second-order valence-electron chi connectivity index (χ2n) is 6.66. The largest absolute Gasteiger partial charge is 0.328 e. The molecule has 1 aliphatic rings. The fourth-order valence-corrected chi connectivity index (χ4v) is 2.83. The minimum Gasteiger partial charge on any atom is -0.328 e. The third kappa shape index (κ3) is 3.80. The van der Waals surface area contributed by atoms with Crippen LogP contribution in [0, 0.1) is 0 Å². The Labute approximate surface area is 117 Å². The topological polar surface area (TPSA) is 38.0 Å². The highest BCUT2D eigenvalue weighted by Crippen LogP contribution is 2.29. The van der Waals surface area contributed by atoms with Crippen molar-refractivity contribution in [3.05, 3.63) is 34.9 Å². The minimum atomic E-state index is 0.190. The van der Waals surface area contributed by atoms with E-state index in [1.54, 1.807) is 11.1 Å². The van der Waals surface area contributed by atoms with E-state index in [4.69, 9.17) is 5.73 Å². The summed E-state index contributed by atoms with van der Waals surface area (Å²) < 4.78 is 0. The van der Waals surface area contributed by atoms with Crippen LogP contribution in [0.2, 0.25) is 0 Å². The number of aryl methyl sites for hydroxylation is 2. The van der Waals surface area contributed by atoms with E-state index in [1.807, 2.05) is 0 Å². The van der Waals surface area contributed by atoms with Gasteiger partial charge in [-0.3, -0.25) is 0 Å². The highest BCUT2D eigenvalue weighted by atomic mass is 14.9. The van der Waals surface area contributed by atoms with Crippen molar-refractivity contribution >= 4 is 0 Å². The normalized spacial score (nSPS) is 16.4. The molecule has 0 radical (unpaired) electrons. The zero-order chi connectivity index (χ0) is 13.9. The number of rotatable bonds is 6. The molecule has 0 heterocycles. The van der Waals surface area contributed by atoms with E-state index in [2.05, 4.69) is 44.3 Å². The number of hydrogen-bond donors (Lipinski definition) is 2. The number of hydrogen-bond acceptors (Lipinski definition) is 2. The Bertz CT molecular complexity index is 421. The van der Waals surface area contributed by atoms with Gasteiger partial charge in [0.15, 0.2) is 0 Å². The molecule has 0 bridgehead atoms. The average molecular weight is 260 g/mol. The van der Waals surface area contributed by atoms with E-state index in [1.165, 1.54) is 24.8 Å². The molecule has 0 saturated carbocycles. The lowest BCUT2D eigenvalue weighted by Crippen LogP contribution is -2.35. The molecule has 0 fully saturated rings. The molecule has 0 spiro atoms. The Hall–Kier alpha value is -0.860. The predicted molar refractivity (Wildman–Crippen MR) is 82.6 cm³/mol. The van der Waals surface area contributed by atoms with Gasteiger partial charge in [-0.15, -0.1) is 0 Å². The quantitative estimate of drug-likeness (QED) is 0.772. The van der Waals surface area contributed by atoms with Crippen LogP contribution in [0.25, 0.3) is 0 Å². The molecule has 3 N–H and O–H groups in total. The highest BCUT2D eigenvalue weighted by molar-refractivity contribution is 5.38. The number of fused-ring (bicyclic) bond motifs is 1. The van der Waals surface area contributed by atoms with Crippen molar-refractivity contribution in [3.63, 3.8) is 0 Å². The Morgan fingerprint density at radius 1 is 1.26 bits per heavy atom. The van der Waals surface area contributed by atoms with Crippen molar-refractivity contribution in [3.8, 4) is 0 Å². The third-order valence-corrected chi connectivity index (χ3v) is 4.22. The van der Waals surface area contributed by atoms with Crippen LogP contribution in [0.15, 0.2) is 18.2 Å². The zero-order valence-electron chi connectivity index (χ0n) is 12.6. The smallest absolute Gasteiger partial charge is 0.00431 e. The fourth-order valence-electron chi connectivity index (χ4n) is 2.83. The van der Waals surface area contributed by atoms with E-state index < -0.39 is 0 Å². The van der Waals surface area contributed by atoms with Gasteiger partial charge in [-0.1, -0.05) is 32.0 Å². The molecule has 1 atom stereocenters. The first-order valence-corrected chi connectivity index (χ1v) is 7.57. The third-order valence-electron chi connectivity index (χ3n) is 4.22. The molecule has 2 nitrogen and oxygen atoms in total. The van der Waals surface area contributed by atoms with Gasteiger partial charge in [0.2, 0.25) is 0 Å². The molecule has 106 valence electrons. The summed E-state index contributed by atoms with van der Waals surface area (Å²) in [6, 6.07) is 7.37. The van der Waals surface area contributed by atoms with E-state index in [0.717, 1.165) is 19.5 Å². The van der Waals surface area contributed by atoms with Crippen molar-refractivity contribution in [1.29, 1.82) is 0 Å². The number of benzene rings is 1. The summed E-state index contributed by atoms with van der Waals surface area (Å²) in [7, 11) is 0. The SMILES string of the molecule is CC(N)CCNCC(C)(C)c1ccc2c(c1)CCC2. The van der Waals surface area contributed by atoms with Crippen molar-refractivity contribution in [2.45, 2.75) is 57.9 Å². The zero-order valence-corrected chi connectivity index (χ0v) is 12.6. The number of nitrogens with one attached hydrogen (secondary N) is 1. The molecule has 0 aliphatic heterocycles. The molecule has 0 amide bonds. The van der Waals surface area contributed by atoms with Gasteiger partial charge in [0.25, 0.3) is 0 Å². The van der Waals surface area contributed by atoms with Gasteiger partial charge >= 0.3 is 0 Å². The van der Waals surface area contributed by atoms with Crippen LogP contribution in [0.4, 0.5) is 0 Å². The van der Waals surface area contributed by atoms with Crippen LogP contribution in [0.1, 0.15) is 50.3 Å². The van der Waals surface area contributed by atoms with E-state index in [0.29, 0.717) is 0 Å². The van der Waals surface area contributed by atoms with Crippen molar-refractivity contribution < 1.29 is 0 Å². The van der Waals surface area contributed by atoms with Crippen LogP contribution in [0.3, 0.4) is 0 Å². The predicted octanol–water partition coefficient (Wildman–Crippen LogP) is 2.78. The van der Waals surface area contributed by atoms with Gasteiger partial charge in [-0.2, -0.15) is 0 Å². The minimum absolute atomic E-state index is 0.190. The molecular weight excluding hydrogens is 232 g/mol. The summed E-state index contributed by atoms with van der Waals surface area (Å²) in [5.41, 5.74) is 10.6. The maximum absolute atomic E-state index is 5.77. The Morgan fingerprint density at radius 2 is 2.00 bits per heavy atom. The van der Waals surface area contributed by atoms with Crippen LogP contribution in [0.5, 0.6) is 0 Å². The van der Waals surface area contributed by atoms with Gasteiger partial charge < -0.3 is 11.1 Å². The molecule has 19 heavy (non-hydrogen) atoms. The molecule has 0 saturated heterocycles. The summed E-state index contributed by atoms with van der Waals surface area (Å²) in [5, 5.41) is 3.54. The summed E-state index contributed by atoms with van der Waals surface area (Å²) in [4.78, 5) is 0. The lowest BCUT2D eigenvalue weighted by atomic mass is 9.83. The van der Waals surface area contributed by atoms with E-state index >= 15 is 0 Å². The fraction of sp³-hybridized carbons (Fsp3) is 0.647. The summed E-state index contributed by atoms with van der Waals surface area (Å²) in [5.74, 6) is 0. The molecule has 0 aromatic heterocycles. The monoisotopic (exact) mass is 260 g/mol. The maximum Gasteiger partial charge on any atom is 0.00431 e. The summed E-state index contributed by atoms with van der Waals surface area (Å²) in [6.45, 7) is 8.73. The second kappa shape index (κ2) is 6.06. The molecule has 2 rings (SSSR count). The van der Waals surface area contributed by atoms with Crippen molar-refractivity contribution in [1.82, 2.24) is 5.32 Å². The van der Waals surface area contributed by atoms with E-state index in [9.17, 15) is 0 Å². The van der Waals surface area contributed by atoms with Crippen molar-refractivity contribution in [2.75, 3.05) is 13.1 Å². The first kappa shape index (κ1) is 14.5. The van der Waals surface area contributed by atoms with Crippen LogP contribution in [-0.4, -0.2) is 19.1 Å². The lowest BCUT2D eigenvalue weighted by molar-refractivity contribution is 0.458. The summed E-state index contributed by atoms with van der Waals surface area (Å²) in [6.07, 6.45) is 4.90. The summed E-state index contributed by atoms with van der Waals surface area (Å²) >= 11 is 0. The molecular formula is C17H28N2. The average Bonchev–Trinajstić information content (AvgIpc) is 2.81. The van der Waals surface area contributed by atoms with Gasteiger partial charge in [-0.25, -0.2) is 0 Å². The first-order chi connectivity index (χ1) is 8.99. The van der Waals surface area contributed by atoms with Gasteiger partial charge in [-0.05, 0) is 55.8 Å². The van der Waals surface area contributed by atoms with Gasteiger partial charge in [0, 0.05) is 18.0 Å². The standard InChI is InChI=1S/C17H28N2/c1-13(18)9-10-19-12-17(2,3)16-8-7-14-5-4-6-15(14)11-16/h7-8,11,13,19H,4-6,9-10,12,18H2,1-3H3. The van der Waals surface area contributed by atoms with E-state index in [-0.39, 0.29) is 11.5 Å². The Kier molecular flexibility index (Phi) is 4.64. The molecule has 1 unspecified atom stereocenters. The first-order valence-electron chi connectivity index (χ1n) is 7.57. The molecule has 1 aromatic rings. The molecule has 1 aliphatic carbocycles. The van der Waals surface area contributed by atoms with Crippen molar-refractivity contribution in [2.24, 2.45) is 5.73 Å². The van der Waals surface area contributed by atoms with Crippen LogP contribution < -0.4 is 11.1 Å².